The minimum Gasteiger partial charge on any atom is -0.0628 e. The van der Waals surface area contributed by atoms with Gasteiger partial charge >= 0.3 is 0 Å². The van der Waals surface area contributed by atoms with Crippen LogP contribution in [0.4, 0.5) is 0 Å². The van der Waals surface area contributed by atoms with Gasteiger partial charge in [-0.25, -0.2) is 0 Å². The Morgan fingerprint density at radius 3 is 2.23 bits per heavy atom. The van der Waals surface area contributed by atoms with E-state index in [-0.39, 0.29) is 0 Å². The van der Waals surface area contributed by atoms with E-state index >= 15 is 0 Å². The van der Waals surface area contributed by atoms with E-state index in [1.807, 2.05) is 0 Å². The third-order valence-electron chi connectivity index (χ3n) is 12.4. The van der Waals surface area contributed by atoms with Gasteiger partial charge in [-0.3, -0.25) is 0 Å². The Hall–Kier alpha value is 0. The number of rotatable bonds is 5. The molecule has 4 aliphatic carbocycles. The predicted molar refractivity (Wildman–Crippen MR) is 131 cm³/mol. The van der Waals surface area contributed by atoms with Crippen LogP contribution >= 0.6 is 0 Å². The Morgan fingerprint density at radius 1 is 0.800 bits per heavy atom. The predicted octanol–water partition coefficient (Wildman–Crippen LogP) is 9.24. The van der Waals surface area contributed by atoms with Crippen molar-refractivity contribution in [3.63, 3.8) is 0 Å². The number of hydrogen-bond acceptors (Lipinski definition) is 0. The van der Waals surface area contributed by atoms with Crippen molar-refractivity contribution in [2.45, 2.75) is 120 Å². The zero-order chi connectivity index (χ0) is 21.8. The van der Waals surface area contributed by atoms with E-state index in [0.717, 1.165) is 59.2 Å². The lowest BCUT2D eigenvalue weighted by molar-refractivity contribution is -0.178. The lowest BCUT2D eigenvalue weighted by atomic mass is 9.39. The molecule has 4 saturated carbocycles. The summed E-state index contributed by atoms with van der Waals surface area (Å²) in [4.78, 5) is 0. The van der Waals surface area contributed by atoms with Crippen LogP contribution < -0.4 is 0 Å². The molecule has 174 valence electrons. The molecule has 0 amide bonds. The molecule has 11 atom stereocenters. The summed E-state index contributed by atoms with van der Waals surface area (Å²) in [6.45, 7) is 21.0. The van der Waals surface area contributed by atoms with Crippen LogP contribution in [0.1, 0.15) is 120 Å². The first-order chi connectivity index (χ1) is 14.1. The van der Waals surface area contributed by atoms with Crippen molar-refractivity contribution in [3.05, 3.63) is 0 Å². The van der Waals surface area contributed by atoms with Crippen LogP contribution in [-0.2, 0) is 0 Å². The fourth-order valence-corrected chi connectivity index (χ4v) is 10.5. The van der Waals surface area contributed by atoms with E-state index in [0.29, 0.717) is 10.8 Å². The van der Waals surface area contributed by atoms with Gasteiger partial charge in [0.1, 0.15) is 0 Å². The van der Waals surface area contributed by atoms with Gasteiger partial charge in [0.05, 0.1) is 0 Å². The van der Waals surface area contributed by atoms with Gasteiger partial charge < -0.3 is 0 Å². The van der Waals surface area contributed by atoms with Crippen LogP contribution in [0.2, 0.25) is 0 Å². The average molecular weight is 415 g/mol. The highest BCUT2D eigenvalue weighted by Crippen LogP contribution is 2.71. The largest absolute Gasteiger partial charge is 0.0628 e. The second kappa shape index (κ2) is 8.41. The van der Waals surface area contributed by atoms with Crippen molar-refractivity contribution < 1.29 is 0 Å². The first-order valence-electron chi connectivity index (χ1n) is 14.1. The van der Waals surface area contributed by atoms with Gasteiger partial charge in [-0.2, -0.15) is 0 Å². The Balaban J connectivity index is 1.59. The van der Waals surface area contributed by atoms with Crippen molar-refractivity contribution in [1.29, 1.82) is 0 Å². The average Bonchev–Trinajstić information content (AvgIpc) is 3.05. The molecule has 0 nitrogen and oxygen atoms in total. The minimum atomic E-state index is 0.601. The highest BCUT2D eigenvalue weighted by atomic mass is 14.7. The summed E-state index contributed by atoms with van der Waals surface area (Å²) in [6.07, 6.45) is 15.0. The summed E-state index contributed by atoms with van der Waals surface area (Å²) in [7, 11) is 0. The van der Waals surface area contributed by atoms with E-state index in [1.165, 1.54) is 57.8 Å². The topological polar surface area (TPSA) is 0 Å². The van der Waals surface area contributed by atoms with Crippen molar-refractivity contribution >= 4 is 0 Å². The molecular formula is C30H54. The van der Waals surface area contributed by atoms with Gasteiger partial charge in [0.25, 0.3) is 0 Å². The van der Waals surface area contributed by atoms with Gasteiger partial charge in [-0.05, 0) is 102 Å². The van der Waals surface area contributed by atoms with Crippen LogP contribution in [0.25, 0.3) is 0 Å². The van der Waals surface area contributed by atoms with Crippen LogP contribution in [0, 0.1) is 70.0 Å². The molecule has 0 bridgehead atoms. The Bertz CT molecular complexity index is 591. The third-order valence-corrected chi connectivity index (χ3v) is 12.4. The molecular weight excluding hydrogens is 360 g/mol. The van der Waals surface area contributed by atoms with Gasteiger partial charge in [-0.15, -0.1) is 0 Å². The molecule has 4 aliphatic rings. The molecule has 0 spiro atoms. The quantitative estimate of drug-likeness (QED) is 0.420. The maximum Gasteiger partial charge on any atom is -0.0238 e. The maximum absolute atomic E-state index is 2.78. The molecule has 0 aromatic heterocycles. The van der Waals surface area contributed by atoms with E-state index in [4.69, 9.17) is 0 Å². The van der Waals surface area contributed by atoms with Gasteiger partial charge in [0.2, 0.25) is 0 Å². The molecule has 30 heavy (non-hydrogen) atoms. The molecule has 4 fully saturated rings. The highest BCUT2D eigenvalue weighted by molar-refractivity contribution is 5.13. The summed E-state index contributed by atoms with van der Waals surface area (Å²) in [5, 5.41) is 0. The van der Waals surface area contributed by atoms with Crippen LogP contribution in [0.3, 0.4) is 0 Å². The molecule has 0 heterocycles. The molecule has 0 radical (unpaired) electrons. The molecule has 10 unspecified atom stereocenters. The van der Waals surface area contributed by atoms with Crippen molar-refractivity contribution in [2.24, 2.45) is 70.0 Å². The van der Waals surface area contributed by atoms with Crippen LogP contribution in [0.15, 0.2) is 0 Å². The van der Waals surface area contributed by atoms with Crippen molar-refractivity contribution in [1.82, 2.24) is 0 Å². The van der Waals surface area contributed by atoms with Gasteiger partial charge in [0, 0.05) is 0 Å². The van der Waals surface area contributed by atoms with Gasteiger partial charge in [-0.1, -0.05) is 87.5 Å². The molecule has 0 saturated heterocycles. The third kappa shape index (κ3) is 3.44. The normalized spacial score (nSPS) is 51.9. The van der Waals surface area contributed by atoms with Crippen molar-refractivity contribution in [2.75, 3.05) is 0 Å². The fraction of sp³-hybridized carbons (Fsp3) is 1.00. The number of hydrogen-bond donors (Lipinski definition) is 0. The monoisotopic (exact) mass is 414 g/mol. The molecule has 0 aromatic rings. The summed E-state index contributed by atoms with van der Waals surface area (Å²) in [5.41, 5.74) is 1.25. The summed E-state index contributed by atoms with van der Waals surface area (Å²) < 4.78 is 0. The molecule has 0 aromatic carbocycles. The van der Waals surface area contributed by atoms with E-state index in [2.05, 4.69) is 55.4 Å². The Labute approximate surface area is 189 Å². The SMILES string of the molecule is CC(C)CCC[C@@H](C)C1CCC2C3C(C)C(C)C4CCCCC4(C)C3CC(C)C21C. The summed E-state index contributed by atoms with van der Waals surface area (Å²) >= 11 is 0. The smallest absolute Gasteiger partial charge is 0.0238 e. The highest BCUT2D eigenvalue weighted by Gasteiger charge is 2.65. The fourth-order valence-electron chi connectivity index (χ4n) is 10.5. The second-order valence-electron chi connectivity index (χ2n) is 13.9. The van der Waals surface area contributed by atoms with Crippen LogP contribution in [-0.4, -0.2) is 0 Å². The minimum absolute atomic E-state index is 0.601. The first-order valence-corrected chi connectivity index (χ1v) is 14.1. The molecule has 0 N–H and O–H groups in total. The zero-order valence-corrected chi connectivity index (χ0v) is 21.8. The lowest BCUT2D eigenvalue weighted by Crippen LogP contribution is -2.60. The van der Waals surface area contributed by atoms with E-state index < -0.39 is 0 Å². The maximum atomic E-state index is 2.78. The Kier molecular flexibility index (Phi) is 6.49. The molecule has 0 aliphatic heterocycles. The van der Waals surface area contributed by atoms with Crippen LogP contribution in [0.5, 0.6) is 0 Å². The number of fused-ring (bicyclic) bond motifs is 5. The van der Waals surface area contributed by atoms with E-state index in [1.54, 1.807) is 6.42 Å². The second-order valence-corrected chi connectivity index (χ2v) is 13.9. The molecule has 0 heteroatoms. The summed E-state index contributed by atoms with van der Waals surface area (Å²) in [5.74, 6) is 9.60. The lowest BCUT2D eigenvalue weighted by Gasteiger charge is -2.66. The molecule has 4 rings (SSSR count). The zero-order valence-electron chi connectivity index (χ0n) is 21.8. The van der Waals surface area contributed by atoms with E-state index in [9.17, 15) is 0 Å². The van der Waals surface area contributed by atoms with Crippen molar-refractivity contribution in [3.8, 4) is 0 Å². The Morgan fingerprint density at radius 2 is 1.53 bits per heavy atom. The standard InChI is InChI=1S/C30H54/c1-19(2)12-11-13-20(3)24-15-16-26-28-23(6)22(5)25-14-9-10-17-29(25,7)27(28)18-21(4)30(24,26)8/h19-28H,9-18H2,1-8H3/t20-,21?,22?,23?,24?,25?,26?,27?,28?,29?,30?/m1/s1. The van der Waals surface area contributed by atoms with Gasteiger partial charge in [0.15, 0.2) is 0 Å². The first kappa shape index (κ1) is 23.2. The summed E-state index contributed by atoms with van der Waals surface area (Å²) in [6, 6.07) is 0.